The Morgan fingerprint density at radius 3 is 2.46 bits per heavy atom. The molecule has 0 aromatic heterocycles. The molecule has 0 rings (SSSR count). The van der Waals surface area contributed by atoms with Crippen molar-refractivity contribution < 1.29 is 22.7 Å². The Kier molecular flexibility index (Phi) is 4.76. The molecular weight excluding hydrogens is 187 g/mol. The third-order valence-corrected chi connectivity index (χ3v) is 1.33. The minimum Gasteiger partial charge on any atom is -0.465 e. The average Bonchev–Trinajstić information content (AvgIpc) is 1.99. The van der Waals surface area contributed by atoms with Gasteiger partial charge in [-0.05, 0) is 13.3 Å². The largest absolute Gasteiger partial charge is 0.465 e. The summed E-state index contributed by atoms with van der Waals surface area (Å²) in [6.07, 6.45) is -5.76. The molecule has 0 saturated carbocycles. The van der Waals surface area contributed by atoms with Gasteiger partial charge in [0.25, 0.3) is 0 Å². The van der Waals surface area contributed by atoms with Crippen LogP contribution in [0.5, 0.6) is 0 Å². The number of hydrogen-bond donors (Lipinski definition) is 1. The molecule has 0 fully saturated rings. The summed E-state index contributed by atoms with van der Waals surface area (Å²) in [4.78, 5) is 10.7. The number of carbonyl (C=O) groups is 1. The van der Waals surface area contributed by atoms with E-state index in [1.54, 1.807) is 6.92 Å². The standard InChI is InChI=1S/C7H12F3NO2/c1-2-13-6(12)5(11)3-4-7(8,9)10/h5H,2-4,11H2,1H3. The molecule has 0 radical (unpaired) electrons. The molecule has 1 unspecified atom stereocenters. The van der Waals surface area contributed by atoms with Gasteiger partial charge in [-0.1, -0.05) is 0 Å². The summed E-state index contributed by atoms with van der Waals surface area (Å²) in [7, 11) is 0. The van der Waals surface area contributed by atoms with Gasteiger partial charge in [-0.2, -0.15) is 13.2 Å². The lowest BCUT2D eigenvalue weighted by atomic mass is 10.2. The monoisotopic (exact) mass is 199 g/mol. The van der Waals surface area contributed by atoms with Crippen molar-refractivity contribution in [1.82, 2.24) is 0 Å². The van der Waals surface area contributed by atoms with Gasteiger partial charge < -0.3 is 10.5 Å². The average molecular weight is 199 g/mol. The molecule has 6 heteroatoms. The number of nitrogens with two attached hydrogens (primary N) is 1. The molecule has 0 bridgehead atoms. The molecule has 0 aliphatic rings. The Morgan fingerprint density at radius 1 is 1.54 bits per heavy atom. The van der Waals surface area contributed by atoms with Gasteiger partial charge in [-0.3, -0.25) is 4.79 Å². The number of alkyl halides is 3. The third kappa shape index (κ3) is 6.39. The first-order chi connectivity index (χ1) is 5.87. The van der Waals surface area contributed by atoms with Crippen molar-refractivity contribution in [1.29, 1.82) is 0 Å². The molecule has 0 aromatic rings. The molecule has 13 heavy (non-hydrogen) atoms. The fourth-order valence-electron chi connectivity index (χ4n) is 0.686. The summed E-state index contributed by atoms with van der Waals surface area (Å²) in [5.74, 6) is -0.785. The Labute approximate surface area is 74.0 Å². The number of carbonyl (C=O) groups excluding carboxylic acids is 1. The van der Waals surface area contributed by atoms with E-state index in [9.17, 15) is 18.0 Å². The third-order valence-electron chi connectivity index (χ3n) is 1.33. The number of ether oxygens (including phenoxy) is 1. The Balaban J connectivity index is 3.74. The van der Waals surface area contributed by atoms with Crippen LogP contribution in [0.25, 0.3) is 0 Å². The molecule has 0 saturated heterocycles. The van der Waals surface area contributed by atoms with Gasteiger partial charge in [0.1, 0.15) is 6.04 Å². The summed E-state index contributed by atoms with van der Waals surface area (Å²) in [6.45, 7) is 1.69. The summed E-state index contributed by atoms with van der Waals surface area (Å²) >= 11 is 0. The van der Waals surface area contributed by atoms with E-state index in [2.05, 4.69) is 4.74 Å². The second-order valence-electron chi connectivity index (χ2n) is 2.51. The van der Waals surface area contributed by atoms with E-state index in [-0.39, 0.29) is 6.61 Å². The molecule has 0 heterocycles. The van der Waals surface area contributed by atoms with Gasteiger partial charge in [-0.25, -0.2) is 0 Å². The fraction of sp³-hybridized carbons (Fsp3) is 0.857. The van der Waals surface area contributed by atoms with Crippen molar-refractivity contribution in [2.75, 3.05) is 6.61 Å². The lowest BCUT2D eigenvalue weighted by Gasteiger charge is -2.11. The molecule has 0 amide bonds. The maximum absolute atomic E-state index is 11.7. The lowest BCUT2D eigenvalue weighted by Crippen LogP contribution is -2.33. The zero-order valence-electron chi connectivity index (χ0n) is 7.23. The van der Waals surface area contributed by atoms with E-state index in [1.165, 1.54) is 0 Å². The summed E-state index contributed by atoms with van der Waals surface area (Å²) in [5, 5.41) is 0. The van der Waals surface area contributed by atoms with Crippen LogP contribution in [0.3, 0.4) is 0 Å². The molecule has 1 atom stereocenters. The predicted molar refractivity (Wildman–Crippen MR) is 39.9 cm³/mol. The van der Waals surface area contributed by atoms with Crippen LogP contribution >= 0.6 is 0 Å². The maximum Gasteiger partial charge on any atom is 0.389 e. The second kappa shape index (κ2) is 5.06. The summed E-state index contributed by atoms with van der Waals surface area (Å²) in [6, 6.07) is -1.18. The van der Waals surface area contributed by atoms with Crippen molar-refractivity contribution >= 4 is 5.97 Å². The minimum atomic E-state index is -4.27. The van der Waals surface area contributed by atoms with Crippen LogP contribution in [-0.4, -0.2) is 24.8 Å². The SMILES string of the molecule is CCOC(=O)C(N)CCC(F)(F)F. The van der Waals surface area contributed by atoms with Gasteiger partial charge in [0.15, 0.2) is 0 Å². The van der Waals surface area contributed by atoms with Crippen molar-refractivity contribution in [2.45, 2.75) is 32.0 Å². The molecule has 0 spiro atoms. The Bertz CT molecular complexity index is 170. The Morgan fingerprint density at radius 2 is 2.08 bits per heavy atom. The first-order valence-electron chi connectivity index (χ1n) is 3.85. The smallest absolute Gasteiger partial charge is 0.389 e. The molecule has 3 nitrogen and oxygen atoms in total. The van der Waals surface area contributed by atoms with Crippen LogP contribution in [0.15, 0.2) is 0 Å². The number of hydrogen-bond acceptors (Lipinski definition) is 3. The van der Waals surface area contributed by atoms with Crippen LogP contribution in [0.1, 0.15) is 19.8 Å². The number of rotatable bonds is 4. The molecule has 0 aromatic carbocycles. The van der Waals surface area contributed by atoms with E-state index in [0.29, 0.717) is 0 Å². The van der Waals surface area contributed by atoms with E-state index >= 15 is 0 Å². The van der Waals surface area contributed by atoms with Crippen LogP contribution in [0, 0.1) is 0 Å². The van der Waals surface area contributed by atoms with Gasteiger partial charge in [0, 0.05) is 6.42 Å². The van der Waals surface area contributed by atoms with Crippen molar-refractivity contribution in [3.05, 3.63) is 0 Å². The zero-order valence-corrected chi connectivity index (χ0v) is 7.23. The molecule has 78 valence electrons. The maximum atomic E-state index is 11.7. The summed E-state index contributed by atoms with van der Waals surface area (Å²) < 4.78 is 39.4. The van der Waals surface area contributed by atoms with E-state index in [4.69, 9.17) is 5.73 Å². The molecule has 0 aliphatic heterocycles. The van der Waals surface area contributed by atoms with Gasteiger partial charge in [0.2, 0.25) is 0 Å². The quantitative estimate of drug-likeness (QED) is 0.692. The summed E-state index contributed by atoms with van der Waals surface area (Å²) in [5.41, 5.74) is 5.14. The normalized spacial score (nSPS) is 13.9. The Hall–Kier alpha value is -0.780. The first-order valence-corrected chi connectivity index (χ1v) is 3.85. The highest BCUT2D eigenvalue weighted by atomic mass is 19.4. The highest BCUT2D eigenvalue weighted by Gasteiger charge is 2.29. The van der Waals surface area contributed by atoms with Crippen LogP contribution in [0.2, 0.25) is 0 Å². The highest BCUT2D eigenvalue weighted by Crippen LogP contribution is 2.21. The second-order valence-corrected chi connectivity index (χ2v) is 2.51. The van der Waals surface area contributed by atoms with Gasteiger partial charge in [0.05, 0.1) is 6.61 Å². The topological polar surface area (TPSA) is 52.3 Å². The van der Waals surface area contributed by atoms with Crippen LogP contribution in [0.4, 0.5) is 13.2 Å². The minimum absolute atomic E-state index is 0.124. The highest BCUT2D eigenvalue weighted by molar-refractivity contribution is 5.75. The van der Waals surface area contributed by atoms with Gasteiger partial charge in [-0.15, -0.1) is 0 Å². The zero-order chi connectivity index (χ0) is 10.5. The van der Waals surface area contributed by atoms with Crippen LogP contribution < -0.4 is 5.73 Å². The number of halogens is 3. The van der Waals surface area contributed by atoms with Crippen LogP contribution in [-0.2, 0) is 9.53 Å². The van der Waals surface area contributed by atoms with E-state index in [0.717, 1.165) is 0 Å². The number of esters is 1. The molecule has 2 N–H and O–H groups in total. The lowest BCUT2D eigenvalue weighted by molar-refractivity contribution is -0.149. The van der Waals surface area contributed by atoms with Crippen molar-refractivity contribution in [3.63, 3.8) is 0 Å². The van der Waals surface area contributed by atoms with E-state index < -0.39 is 31.0 Å². The van der Waals surface area contributed by atoms with Crippen molar-refractivity contribution in [3.8, 4) is 0 Å². The van der Waals surface area contributed by atoms with Gasteiger partial charge >= 0.3 is 12.1 Å². The fourth-order valence-corrected chi connectivity index (χ4v) is 0.686. The van der Waals surface area contributed by atoms with Crippen molar-refractivity contribution in [2.24, 2.45) is 5.73 Å². The molecule has 0 aliphatic carbocycles. The van der Waals surface area contributed by atoms with E-state index in [1.807, 2.05) is 0 Å². The molecular formula is C7H12F3NO2. The first kappa shape index (κ1) is 12.2. The predicted octanol–water partition coefficient (Wildman–Crippen LogP) is 1.22.